The number of oxazole rings is 1. The molecule has 3 N–H and O–H groups in total. The number of hydrogen-bond acceptors (Lipinski definition) is 5. The summed E-state index contributed by atoms with van der Waals surface area (Å²) in [6.45, 7) is 1.98. The van der Waals surface area contributed by atoms with Crippen molar-refractivity contribution in [2.24, 2.45) is 0 Å². The lowest BCUT2D eigenvalue weighted by atomic mass is 10.2. The van der Waals surface area contributed by atoms with Crippen LogP contribution < -0.4 is 10.6 Å². The van der Waals surface area contributed by atoms with Crippen LogP contribution in [-0.2, 0) is 6.42 Å². The molecule has 126 valence electrons. The fourth-order valence-corrected chi connectivity index (χ4v) is 3.25. The minimum absolute atomic E-state index is 0.00748. The number of aromatic nitrogens is 1. The van der Waals surface area contributed by atoms with Gasteiger partial charge in [0.25, 0.3) is 0 Å². The number of aliphatic hydroxyl groups is 1. The Hall–Kier alpha value is -2.38. The van der Waals surface area contributed by atoms with E-state index in [0.717, 1.165) is 16.8 Å². The third-order valence-corrected chi connectivity index (χ3v) is 4.59. The van der Waals surface area contributed by atoms with Crippen LogP contribution in [0.1, 0.15) is 30.2 Å². The summed E-state index contributed by atoms with van der Waals surface area (Å²) in [5.41, 5.74) is 2.06. The first kappa shape index (κ1) is 16.5. The van der Waals surface area contributed by atoms with Gasteiger partial charge in [0.05, 0.1) is 6.04 Å². The van der Waals surface area contributed by atoms with Crippen LogP contribution in [0.5, 0.6) is 0 Å². The summed E-state index contributed by atoms with van der Waals surface area (Å²) in [6.07, 6.45) is 1.19. The predicted molar refractivity (Wildman–Crippen MR) is 94.3 cm³/mol. The lowest BCUT2D eigenvalue weighted by Crippen LogP contribution is -2.32. The van der Waals surface area contributed by atoms with Crippen LogP contribution in [0.3, 0.4) is 0 Å². The molecule has 7 heteroatoms. The van der Waals surface area contributed by atoms with E-state index in [1.165, 1.54) is 0 Å². The predicted octanol–water partition coefficient (Wildman–Crippen LogP) is 3.70. The molecular weight excluding hydrogens is 326 g/mol. The van der Waals surface area contributed by atoms with Gasteiger partial charge in [-0.3, -0.25) is 0 Å². The van der Waals surface area contributed by atoms with Gasteiger partial charge in [-0.25, -0.2) is 9.78 Å². The number of aryl methyl sites for hydroxylation is 1. The molecule has 1 aromatic carbocycles. The molecule has 0 aliphatic carbocycles. The normalized spacial score (nSPS) is 12.2. The maximum atomic E-state index is 12.2. The molecule has 3 aromatic rings. The molecule has 0 aliphatic rings. The molecule has 2 aromatic heterocycles. The van der Waals surface area contributed by atoms with Gasteiger partial charge in [0.1, 0.15) is 5.52 Å². The van der Waals surface area contributed by atoms with Crippen molar-refractivity contribution in [3.63, 3.8) is 0 Å². The summed E-state index contributed by atoms with van der Waals surface area (Å²) in [6, 6.07) is 8.69. The average molecular weight is 345 g/mol. The Morgan fingerprint density at radius 1 is 1.42 bits per heavy atom. The maximum absolute atomic E-state index is 12.2. The molecule has 24 heavy (non-hydrogen) atoms. The maximum Gasteiger partial charge on any atom is 0.319 e. The van der Waals surface area contributed by atoms with Gasteiger partial charge in [0.2, 0.25) is 0 Å². The Kier molecular flexibility index (Phi) is 5.12. The number of benzene rings is 1. The molecule has 0 unspecified atom stereocenters. The highest BCUT2D eigenvalue weighted by molar-refractivity contribution is 7.10. The molecular formula is C17H19N3O3S. The second-order valence-corrected chi connectivity index (χ2v) is 6.30. The topological polar surface area (TPSA) is 87.4 Å². The summed E-state index contributed by atoms with van der Waals surface area (Å²) in [5.74, 6) is 0.673. The highest BCUT2D eigenvalue weighted by atomic mass is 32.1. The number of thiophene rings is 1. The van der Waals surface area contributed by atoms with E-state index in [1.807, 2.05) is 24.4 Å². The number of fused-ring (bicyclic) bond motifs is 1. The number of amides is 2. The Morgan fingerprint density at radius 3 is 3.00 bits per heavy atom. The second-order valence-electron chi connectivity index (χ2n) is 5.32. The largest absolute Gasteiger partial charge is 0.441 e. The first-order valence-corrected chi connectivity index (χ1v) is 8.68. The minimum Gasteiger partial charge on any atom is -0.441 e. The van der Waals surface area contributed by atoms with Crippen LogP contribution in [0.15, 0.2) is 40.1 Å². The number of nitrogens with zero attached hydrogens (tertiary/aromatic N) is 1. The lowest BCUT2D eigenvalue weighted by Gasteiger charge is -2.17. The molecule has 0 saturated heterocycles. The quantitative estimate of drug-likeness (QED) is 0.636. The number of carbonyl (C=O) groups excluding carboxylic acids is 1. The number of anilines is 1. The number of urea groups is 1. The number of carbonyl (C=O) groups is 1. The number of hydrogen-bond donors (Lipinski definition) is 3. The fourth-order valence-electron chi connectivity index (χ4n) is 2.43. The van der Waals surface area contributed by atoms with Gasteiger partial charge in [0.15, 0.2) is 11.5 Å². The molecule has 6 nitrogen and oxygen atoms in total. The molecule has 0 aliphatic heterocycles. The van der Waals surface area contributed by atoms with E-state index in [1.54, 1.807) is 29.5 Å². The Labute approximate surface area is 143 Å². The van der Waals surface area contributed by atoms with Crippen molar-refractivity contribution in [1.82, 2.24) is 10.3 Å². The summed E-state index contributed by atoms with van der Waals surface area (Å²) in [7, 11) is 0. The number of rotatable bonds is 6. The van der Waals surface area contributed by atoms with E-state index in [4.69, 9.17) is 4.42 Å². The van der Waals surface area contributed by atoms with Crippen LogP contribution in [0.4, 0.5) is 10.5 Å². The lowest BCUT2D eigenvalue weighted by molar-refractivity contribution is 0.239. The van der Waals surface area contributed by atoms with Gasteiger partial charge in [-0.15, -0.1) is 11.3 Å². The van der Waals surface area contributed by atoms with Gasteiger partial charge < -0.3 is 20.2 Å². The Morgan fingerprint density at radius 2 is 2.29 bits per heavy atom. The molecule has 0 bridgehead atoms. The zero-order chi connectivity index (χ0) is 16.9. The summed E-state index contributed by atoms with van der Waals surface area (Å²) in [4.78, 5) is 17.6. The summed E-state index contributed by atoms with van der Waals surface area (Å²) in [5, 5.41) is 16.8. The average Bonchev–Trinajstić information content (AvgIpc) is 3.23. The monoisotopic (exact) mass is 345 g/mol. The van der Waals surface area contributed by atoms with Crippen molar-refractivity contribution in [3.8, 4) is 0 Å². The molecule has 2 heterocycles. The van der Waals surface area contributed by atoms with E-state index in [-0.39, 0.29) is 18.7 Å². The first-order valence-electron chi connectivity index (χ1n) is 7.81. The zero-order valence-corrected chi connectivity index (χ0v) is 14.1. The van der Waals surface area contributed by atoms with Crippen LogP contribution in [0.2, 0.25) is 0 Å². The highest BCUT2D eigenvalue weighted by Gasteiger charge is 2.15. The van der Waals surface area contributed by atoms with Gasteiger partial charge in [-0.2, -0.15) is 0 Å². The Bertz CT molecular complexity index is 814. The smallest absolute Gasteiger partial charge is 0.319 e. The van der Waals surface area contributed by atoms with Crippen LogP contribution in [0.25, 0.3) is 11.1 Å². The van der Waals surface area contributed by atoms with Crippen molar-refractivity contribution < 1.29 is 14.3 Å². The molecule has 0 spiro atoms. The molecule has 0 fully saturated rings. The SMILES string of the molecule is CCc1nc2cc(NC(=O)N[C@@H](CCO)c3cccs3)ccc2o1. The summed E-state index contributed by atoms with van der Waals surface area (Å²) >= 11 is 1.55. The van der Waals surface area contributed by atoms with Crippen molar-refractivity contribution >= 4 is 34.2 Å². The van der Waals surface area contributed by atoms with Gasteiger partial charge >= 0.3 is 6.03 Å². The fraction of sp³-hybridized carbons (Fsp3) is 0.294. The van der Waals surface area contributed by atoms with E-state index in [2.05, 4.69) is 15.6 Å². The number of aliphatic hydroxyl groups excluding tert-OH is 1. The molecule has 3 rings (SSSR count). The van der Waals surface area contributed by atoms with Crippen molar-refractivity contribution in [3.05, 3.63) is 46.5 Å². The highest BCUT2D eigenvalue weighted by Crippen LogP contribution is 2.23. The van der Waals surface area contributed by atoms with E-state index >= 15 is 0 Å². The van der Waals surface area contributed by atoms with E-state index in [0.29, 0.717) is 23.6 Å². The zero-order valence-electron chi connectivity index (χ0n) is 13.3. The first-order chi connectivity index (χ1) is 11.7. The van der Waals surface area contributed by atoms with Gasteiger partial charge in [-0.1, -0.05) is 13.0 Å². The molecule has 1 atom stereocenters. The number of nitrogens with one attached hydrogen (secondary N) is 2. The summed E-state index contributed by atoms with van der Waals surface area (Å²) < 4.78 is 5.56. The second kappa shape index (κ2) is 7.46. The van der Waals surface area contributed by atoms with Crippen molar-refractivity contribution in [1.29, 1.82) is 0 Å². The molecule has 0 radical (unpaired) electrons. The standard InChI is InChI=1S/C17H19N3O3S/c1-2-16-19-13-10-11(5-6-14(13)23-16)18-17(22)20-12(7-8-21)15-4-3-9-24-15/h3-6,9-10,12,21H,2,7-8H2,1H3,(H2,18,20,22)/t12-/m0/s1. The van der Waals surface area contributed by atoms with Crippen molar-refractivity contribution in [2.45, 2.75) is 25.8 Å². The Balaban J connectivity index is 1.69. The minimum atomic E-state index is -0.319. The van der Waals surface area contributed by atoms with Crippen LogP contribution in [0, 0.1) is 0 Å². The van der Waals surface area contributed by atoms with Crippen LogP contribution >= 0.6 is 11.3 Å². The van der Waals surface area contributed by atoms with Gasteiger partial charge in [0, 0.05) is 23.6 Å². The third kappa shape index (κ3) is 3.74. The molecule has 0 saturated carbocycles. The molecule has 2 amide bonds. The van der Waals surface area contributed by atoms with Crippen molar-refractivity contribution in [2.75, 3.05) is 11.9 Å². The van der Waals surface area contributed by atoms with Gasteiger partial charge in [-0.05, 0) is 36.1 Å². The third-order valence-electron chi connectivity index (χ3n) is 3.60. The van der Waals surface area contributed by atoms with Crippen LogP contribution in [-0.4, -0.2) is 22.7 Å². The van der Waals surface area contributed by atoms with E-state index in [9.17, 15) is 9.90 Å². The van der Waals surface area contributed by atoms with E-state index < -0.39 is 0 Å².